The van der Waals surface area contributed by atoms with Gasteiger partial charge < -0.3 is 10.00 Å². The van der Waals surface area contributed by atoms with Crippen LogP contribution in [0.4, 0.5) is 0 Å². The molecular formula is C29H58NO5P. The Kier molecular flexibility index (Phi) is 24.4. The van der Waals surface area contributed by atoms with E-state index in [0.717, 1.165) is 19.3 Å². The second kappa shape index (κ2) is 24.8. The zero-order valence-electron chi connectivity index (χ0n) is 23.8. The summed E-state index contributed by atoms with van der Waals surface area (Å²) in [6.07, 6.45) is 26.0. The van der Waals surface area contributed by atoms with Crippen LogP contribution in [0, 0.1) is 0 Å². The summed E-state index contributed by atoms with van der Waals surface area (Å²) in [5.41, 5.74) is 0. The molecule has 7 heteroatoms. The van der Waals surface area contributed by atoms with Gasteiger partial charge in [-0.2, -0.15) is 0 Å². The Morgan fingerprint density at radius 1 is 0.806 bits per heavy atom. The number of aliphatic hydroxyl groups is 1. The predicted molar refractivity (Wildman–Crippen MR) is 152 cm³/mol. The van der Waals surface area contributed by atoms with Gasteiger partial charge in [0.05, 0.1) is 0 Å². The van der Waals surface area contributed by atoms with Crippen molar-refractivity contribution in [2.45, 2.75) is 148 Å². The average molecular weight is 532 g/mol. The number of nitrogens with zero attached hydrogens (tertiary/aromatic N) is 1. The number of hydrogen-bond acceptors (Lipinski definition) is 4. The quantitative estimate of drug-likeness (QED) is 0.0629. The highest BCUT2D eigenvalue weighted by atomic mass is 31.2. The van der Waals surface area contributed by atoms with E-state index in [1.54, 1.807) is 0 Å². The van der Waals surface area contributed by atoms with Gasteiger partial charge in [-0.05, 0) is 45.6 Å². The van der Waals surface area contributed by atoms with Crippen molar-refractivity contribution in [3.63, 3.8) is 0 Å². The van der Waals surface area contributed by atoms with Crippen LogP contribution in [0.2, 0.25) is 0 Å². The first-order valence-corrected chi connectivity index (χ1v) is 16.4. The Morgan fingerprint density at radius 3 is 1.75 bits per heavy atom. The number of Topliss-reactive ketones (excluding diaryl/α,β-unsaturated/α-hetero) is 1. The molecule has 0 heterocycles. The van der Waals surface area contributed by atoms with Gasteiger partial charge in [0.25, 0.3) is 0 Å². The molecule has 0 bridgehead atoms. The number of hydrogen-bond donors (Lipinski definition) is 2. The summed E-state index contributed by atoms with van der Waals surface area (Å²) in [7, 11) is -2.51. The summed E-state index contributed by atoms with van der Waals surface area (Å²) in [4.78, 5) is 22.6. The Hall–Kier alpha value is -0.520. The summed E-state index contributed by atoms with van der Waals surface area (Å²) >= 11 is 0. The maximum absolute atomic E-state index is 12.5. The van der Waals surface area contributed by atoms with E-state index < -0.39 is 13.9 Å². The molecule has 214 valence electrons. The van der Waals surface area contributed by atoms with Gasteiger partial charge in [0.2, 0.25) is 0 Å². The van der Waals surface area contributed by atoms with Crippen LogP contribution in [0.15, 0.2) is 12.2 Å². The first-order chi connectivity index (χ1) is 17.4. The lowest BCUT2D eigenvalue weighted by Crippen LogP contribution is -2.28. The van der Waals surface area contributed by atoms with Crippen molar-refractivity contribution in [1.29, 1.82) is 0 Å². The summed E-state index contributed by atoms with van der Waals surface area (Å²) in [6.45, 7) is 4.33. The largest absolute Gasteiger partial charge is 0.406 e. The van der Waals surface area contributed by atoms with E-state index in [-0.39, 0.29) is 18.8 Å². The molecule has 0 aromatic heterocycles. The minimum Gasteiger partial charge on any atom is -0.396 e. The molecule has 0 aliphatic carbocycles. The second-order valence-electron chi connectivity index (χ2n) is 10.2. The van der Waals surface area contributed by atoms with Crippen LogP contribution in [0.5, 0.6) is 0 Å². The molecule has 0 aliphatic rings. The van der Waals surface area contributed by atoms with Crippen LogP contribution in [0.25, 0.3) is 0 Å². The fourth-order valence-electron chi connectivity index (χ4n) is 4.32. The van der Waals surface area contributed by atoms with Gasteiger partial charge in [0.15, 0.2) is 5.78 Å². The molecule has 0 saturated heterocycles. The molecule has 6 nitrogen and oxygen atoms in total. The minimum absolute atomic E-state index is 0.0538. The fraction of sp³-hybridized carbons (Fsp3) is 0.897. The number of rotatable bonds is 27. The van der Waals surface area contributed by atoms with Crippen molar-refractivity contribution < 1.29 is 23.9 Å². The first-order valence-electron chi connectivity index (χ1n) is 14.9. The highest BCUT2D eigenvalue weighted by Gasteiger charge is 2.32. The maximum atomic E-state index is 12.5. The van der Waals surface area contributed by atoms with Gasteiger partial charge in [-0.1, -0.05) is 103 Å². The van der Waals surface area contributed by atoms with Crippen molar-refractivity contribution in [2.75, 3.05) is 20.2 Å². The number of carbonyl (C=O) groups is 1. The molecule has 0 fully saturated rings. The molecule has 2 unspecified atom stereocenters. The molecule has 0 amide bonds. The zero-order valence-corrected chi connectivity index (χ0v) is 24.7. The highest BCUT2D eigenvalue weighted by molar-refractivity contribution is 7.50. The Morgan fingerprint density at radius 2 is 1.28 bits per heavy atom. The molecule has 36 heavy (non-hydrogen) atoms. The van der Waals surface area contributed by atoms with Gasteiger partial charge in [-0.25, -0.2) is 9.24 Å². The van der Waals surface area contributed by atoms with Gasteiger partial charge in [0, 0.05) is 26.0 Å². The maximum Gasteiger partial charge on any atom is 0.406 e. The average Bonchev–Trinajstić information content (AvgIpc) is 2.85. The lowest BCUT2D eigenvalue weighted by Gasteiger charge is -2.25. The van der Waals surface area contributed by atoms with Crippen LogP contribution >= 0.6 is 7.75 Å². The molecule has 2 N–H and O–H groups in total. The van der Waals surface area contributed by atoms with E-state index in [1.165, 1.54) is 102 Å². The van der Waals surface area contributed by atoms with Crippen molar-refractivity contribution in [1.82, 2.24) is 4.67 Å². The summed E-state index contributed by atoms with van der Waals surface area (Å²) < 4.78 is 18.9. The second-order valence-corrected chi connectivity index (χ2v) is 12.1. The molecule has 0 saturated carbocycles. The lowest BCUT2D eigenvalue weighted by atomic mass is 10.0. The Balaban J connectivity index is 3.71. The summed E-state index contributed by atoms with van der Waals surface area (Å²) in [6, 6.07) is 0. The Labute approximate surface area is 222 Å². The Bertz CT molecular complexity index is 584. The lowest BCUT2D eigenvalue weighted by molar-refractivity contribution is -0.127. The van der Waals surface area contributed by atoms with Crippen LogP contribution < -0.4 is 0 Å². The monoisotopic (exact) mass is 531 g/mol. The summed E-state index contributed by atoms with van der Waals surface area (Å²) in [5.74, 6) is -0.191. The fourth-order valence-corrected chi connectivity index (χ4v) is 5.49. The van der Waals surface area contributed by atoms with Gasteiger partial charge in [-0.3, -0.25) is 9.32 Å². The highest BCUT2D eigenvalue weighted by Crippen LogP contribution is 2.47. The van der Waals surface area contributed by atoms with Gasteiger partial charge in [0.1, 0.15) is 6.10 Å². The molecule has 0 aromatic rings. The topological polar surface area (TPSA) is 87.1 Å². The number of allylic oxidation sites excluding steroid dienone is 2. The molecule has 0 aliphatic heterocycles. The predicted octanol–water partition coefficient (Wildman–Crippen LogP) is 8.36. The van der Waals surface area contributed by atoms with Gasteiger partial charge in [-0.15, -0.1) is 0 Å². The van der Waals surface area contributed by atoms with E-state index in [4.69, 9.17) is 4.52 Å². The van der Waals surface area contributed by atoms with Crippen molar-refractivity contribution in [3.05, 3.63) is 12.2 Å². The number of aliphatic hydroxyl groups excluding tert-OH is 1. The molecule has 0 rings (SSSR count). The zero-order chi connectivity index (χ0) is 26.9. The van der Waals surface area contributed by atoms with E-state index in [9.17, 15) is 19.4 Å². The van der Waals surface area contributed by atoms with Crippen molar-refractivity contribution in [2.24, 2.45) is 0 Å². The number of carbonyl (C=O) groups excluding carboxylic acids is 1. The third kappa shape index (κ3) is 20.5. The van der Waals surface area contributed by atoms with Crippen LogP contribution in [0.1, 0.15) is 142 Å². The van der Waals surface area contributed by atoms with Crippen LogP contribution in [-0.4, -0.2) is 46.8 Å². The van der Waals surface area contributed by atoms with Gasteiger partial charge >= 0.3 is 7.75 Å². The van der Waals surface area contributed by atoms with Crippen LogP contribution in [0.3, 0.4) is 0 Å². The van der Waals surface area contributed by atoms with E-state index in [1.807, 2.05) is 6.92 Å². The minimum atomic E-state index is -4.02. The molecular weight excluding hydrogens is 473 g/mol. The third-order valence-electron chi connectivity index (χ3n) is 6.68. The van der Waals surface area contributed by atoms with Crippen LogP contribution in [-0.2, 0) is 13.9 Å². The van der Waals surface area contributed by atoms with E-state index >= 15 is 0 Å². The number of ketones is 1. The van der Waals surface area contributed by atoms with Crippen molar-refractivity contribution in [3.8, 4) is 0 Å². The number of unbranched alkanes of at least 4 members (excludes halogenated alkanes) is 15. The third-order valence-corrected chi connectivity index (χ3v) is 8.27. The van der Waals surface area contributed by atoms with E-state index in [0.29, 0.717) is 19.4 Å². The van der Waals surface area contributed by atoms with E-state index in [2.05, 4.69) is 19.1 Å². The summed E-state index contributed by atoms with van der Waals surface area (Å²) in [5, 5.41) is 9.24. The smallest absolute Gasteiger partial charge is 0.396 e. The standard InChI is InChI=1S/C29H58NO5P/c1-4-6-7-8-9-10-11-12-13-14-15-16-17-18-19-20-21-22-23-24-28(32)29(25-27-31)35-36(33,34)30(3)26-5-2/h12-13,29,31H,4-11,14-27H2,1-3H3,(H,33,34)/b13-12-. The first kappa shape index (κ1) is 35.5. The SMILES string of the molecule is CCCCCCCC/C=C\CCCCCCCCCCCC(=O)C(CCO)OP(=O)(O)N(C)CCC. The van der Waals surface area contributed by atoms with Crippen molar-refractivity contribution >= 4 is 13.5 Å². The normalized spacial score (nSPS) is 14.5. The molecule has 2 atom stereocenters. The molecule has 0 spiro atoms. The molecule has 0 radical (unpaired) electrons. The molecule has 0 aromatic carbocycles.